The Hall–Kier alpha value is -0.826. The van der Waals surface area contributed by atoms with Gasteiger partial charge in [0.15, 0.2) is 28.1 Å². The van der Waals surface area contributed by atoms with E-state index in [0.717, 1.165) is 5.56 Å². The van der Waals surface area contributed by atoms with E-state index in [-0.39, 0.29) is 12.4 Å². The van der Waals surface area contributed by atoms with Crippen molar-refractivity contribution in [2.45, 2.75) is 45.7 Å². The molecule has 0 aliphatic carbocycles. The first-order chi connectivity index (χ1) is 9.48. The second kappa shape index (κ2) is 8.58. The van der Waals surface area contributed by atoms with Crippen LogP contribution in [0.15, 0.2) is 18.2 Å². The van der Waals surface area contributed by atoms with E-state index in [2.05, 4.69) is 39.3 Å². The van der Waals surface area contributed by atoms with Crippen molar-refractivity contribution in [2.75, 3.05) is 13.7 Å². The fourth-order valence-electron chi connectivity index (χ4n) is 1.94. The van der Waals surface area contributed by atoms with E-state index in [9.17, 15) is 5.11 Å². The van der Waals surface area contributed by atoms with Gasteiger partial charge in [-0.3, -0.25) is 0 Å². The molecule has 0 unspecified atom stereocenters. The van der Waals surface area contributed by atoms with E-state index in [0.29, 0.717) is 12.2 Å². The van der Waals surface area contributed by atoms with E-state index in [1.54, 1.807) is 12.1 Å². The highest BCUT2D eigenvalue weighted by Crippen LogP contribution is 2.26. The highest BCUT2D eigenvalue weighted by Gasteiger charge is 2.24. The fourth-order valence-corrected chi connectivity index (χ4v) is 9.29. The molecule has 21 heavy (non-hydrogen) atoms. The number of phenolic OH excluding ortho intramolecular Hbond substituents is 1. The van der Waals surface area contributed by atoms with Gasteiger partial charge < -0.3 is 19.1 Å². The summed E-state index contributed by atoms with van der Waals surface area (Å²) in [5.41, 5.74) is 0.899. The molecule has 4 nitrogen and oxygen atoms in total. The standard InChI is InChI=1S/C9H12O3.C6H18OSi2/c1-12-9-3-2-7(4-5-10)6-8(9)11;1-8(2,3)7-9(4,5)6/h2-3,6,10-11H,4-5H2,1H3;1-6H3. The molecule has 6 heteroatoms. The van der Waals surface area contributed by atoms with Crippen LogP contribution in [0.1, 0.15) is 5.56 Å². The number of methoxy groups -OCH3 is 1. The minimum absolute atomic E-state index is 0.0891. The van der Waals surface area contributed by atoms with Gasteiger partial charge in [-0.15, -0.1) is 0 Å². The number of aliphatic hydroxyl groups excluding tert-OH is 1. The van der Waals surface area contributed by atoms with Crippen molar-refractivity contribution in [3.05, 3.63) is 23.8 Å². The van der Waals surface area contributed by atoms with Gasteiger partial charge in [0.25, 0.3) is 0 Å². The average Bonchev–Trinajstić information content (AvgIpc) is 2.25. The van der Waals surface area contributed by atoms with Gasteiger partial charge in [0.2, 0.25) is 0 Å². The van der Waals surface area contributed by atoms with Gasteiger partial charge in [-0.25, -0.2) is 0 Å². The summed E-state index contributed by atoms with van der Waals surface area (Å²) in [5, 5.41) is 17.9. The minimum Gasteiger partial charge on any atom is -0.504 e. The van der Waals surface area contributed by atoms with E-state index >= 15 is 0 Å². The van der Waals surface area contributed by atoms with Crippen LogP contribution in [0.3, 0.4) is 0 Å². The molecule has 0 aliphatic rings. The number of benzene rings is 1. The molecule has 0 saturated heterocycles. The van der Waals surface area contributed by atoms with Gasteiger partial charge in [0.05, 0.1) is 7.11 Å². The van der Waals surface area contributed by atoms with Crippen molar-refractivity contribution in [3.63, 3.8) is 0 Å². The maximum absolute atomic E-state index is 9.31. The number of ether oxygens (including phenoxy) is 1. The van der Waals surface area contributed by atoms with Crippen molar-refractivity contribution in [2.24, 2.45) is 0 Å². The summed E-state index contributed by atoms with van der Waals surface area (Å²) in [4.78, 5) is 0. The average molecular weight is 331 g/mol. The zero-order valence-corrected chi connectivity index (χ0v) is 16.4. The maximum atomic E-state index is 9.31. The number of aliphatic hydroxyl groups is 1. The van der Waals surface area contributed by atoms with Gasteiger partial charge >= 0.3 is 0 Å². The second-order valence-electron chi connectivity index (χ2n) is 6.81. The van der Waals surface area contributed by atoms with Crippen LogP contribution in [-0.4, -0.2) is 40.6 Å². The van der Waals surface area contributed by atoms with E-state index in [4.69, 9.17) is 14.0 Å². The van der Waals surface area contributed by atoms with E-state index < -0.39 is 16.6 Å². The summed E-state index contributed by atoms with van der Waals surface area (Å²) < 4.78 is 10.8. The van der Waals surface area contributed by atoms with Crippen molar-refractivity contribution in [1.29, 1.82) is 0 Å². The van der Waals surface area contributed by atoms with Crippen LogP contribution in [-0.2, 0) is 10.5 Å². The van der Waals surface area contributed by atoms with Crippen LogP contribution in [0.2, 0.25) is 39.3 Å². The Kier molecular flexibility index (Phi) is 8.24. The number of aromatic hydroxyl groups is 1. The predicted molar refractivity (Wildman–Crippen MR) is 93.2 cm³/mol. The third-order valence-corrected chi connectivity index (χ3v) is 7.16. The lowest BCUT2D eigenvalue weighted by Crippen LogP contribution is -2.39. The summed E-state index contributed by atoms with van der Waals surface area (Å²) in [6, 6.07) is 5.09. The molecule has 0 aromatic heterocycles. The van der Waals surface area contributed by atoms with Gasteiger partial charge in [0.1, 0.15) is 0 Å². The smallest absolute Gasteiger partial charge is 0.170 e. The molecule has 122 valence electrons. The normalized spacial score (nSPS) is 11.6. The van der Waals surface area contributed by atoms with Crippen molar-refractivity contribution in [1.82, 2.24) is 0 Å². The summed E-state index contributed by atoms with van der Waals surface area (Å²) in [5.74, 6) is 0.570. The molecule has 1 rings (SSSR count). The van der Waals surface area contributed by atoms with Gasteiger partial charge in [0, 0.05) is 6.61 Å². The topological polar surface area (TPSA) is 58.9 Å². The molecule has 0 saturated carbocycles. The largest absolute Gasteiger partial charge is 0.504 e. The van der Waals surface area contributed by atoms with E-state index in [1.807, 2.05) is 6.07 Å². The molecule has 0 atom stereocenters. The molecular formula is C15H30O4Si2. The molecule has 2 N–H and O–H groups in total. The number of hydrogen-bond donors (Lipinski definition) is 2. The molecule has 1 aromatic rings. The van der Waals surface area contributed by atoms with Crippen LogP contribution in [0.25, 0.3) is 0 Å². The van der Waals surface area contributed by atoms with E-state index in [1.165, 1.54) is 7.11 Å². The summed E-state index contributed by atoms with van der Waals surface area (Å²) in [7, 11) is -0.961. The Morgan fingerprint density at radius 2 is 1.52 bits per heavy atom. The Balaban J connectivity index is 0.000000400. The molecule has 0 heterocycles. The first-order valence-corrected chi connectivity index (χ1v) is 14.0. The van der Waals surface area contributed by atoms with Crippen LogP contribution in [0, 0.1) is 0 Å². The quantitative estimate of drug-likeness (QED) is 0.810. The van der Waals surface area contributed by atoms with Crippen molar-refractivity contribution >= 4 is 16.6 Å². The summed E-state index contributed by atoms with van der Waals surface area (Å²) >= 11 is 0. The zero-order chi connectivity index (χ0) is 16.7. The Bertz CT molecular complexity index is 411. The number of phenols is 1. The molecule has 0 bridgehead atoms. The lowest BCUT2D eigenvalue weighted by molar-refractivity contribution is 0.299. The zero-order valence-electron chi connectivity index (χ0n) is 14.4. The highest BCUT2D eigenvalue weighted by atomic mass is 28.4. The Labute approximate surface area is 131 Å². The van der Waals surface area contributed by atoms with Crippen LogP contribution in [0.5, 0.6) is 11.5 Å². The lowest BCUT2D eigenvalue weighted by atomic mass is 10.1. The molecule has 1 aromatic carbocycles. The molecular weight excluding hydrogens is 300 g/mol. The number of rotatable bonds is 5. The fraction of sp³-hybridized carbons (Fsp3) is 0.600. The first kappa shape index (κ1) is 20.2. The van der Waals surface area contributed by atoms with Gasteiger partial charge in [-0.05, 0) is 63.4 Å². The summed E-state index contributed by atoms with van der Waals surface area (Å²) in [6.07, 6.45) is 0.553. The highest BCUT2D eigenvalue weighted by molar-refractivity contribution is 6.83. The molecule has 0 amide bonds. The third kappa shape index (κ3) is 10.5. The van der Waals surface area contributed by atoms with Crippen molar-refractivity contribution in [3.8, 4) is 11.5 Å². The monoisotopic (exact) mass is 330 g/mol. The lowest BCUT2D eigenvalue weighted by Gasteiger charge is -2.27. The first-order valence-electron chi connectivity index (χ1n) is 7.15. The molecule has 0 fully saturated rings. The third-order valence-electron chi connectivity index (χ3n) is 2.26. The Morgan fingerprint density at radius 1 is 1.00 bits per heavy atom. The molecule has 0 aliphatic heterocycles. The number of hydrogen-bond acceptors (Lipinski definition) is 4. The molecule has 0 spiro atoms. The Morgan fingerprint density at radius 3 is 1.81 bits per heavy atom. The maximum Gasteiger partial charge on any atom is 0.170 e. The second-order valence-corrected chi connectivity index (χ2v) is 16.1. The summed E-state index contributed by atoms with van der Waals surface area (Å²) in [6.45, 7) is 13.5. The van der Waals surface area contributed by atoms with Crippen molar-refractivity contribution < 1.29 is 19.1 Å². The SMILES string of the molecule is COc1ccc(CCO)cc1O.C[Si](C)(C)O[Si](C)(C)C. The van der Waals surface area contributed by atoms with Gasteiger partial charge in [-0.2, -0.15) is 0 Å². The predicted octanol–water partition coefficient (Wildman–Crippen LogP) is 3.61. The molecule has 0 radical (unpaired) electrons. The van der Waals surface area contributed by atoms with Gasteiger partial charge in [-0.1, -0.05) is 6.07 Å². The minimum atomic E-state index is -1.23. The van der Waals surface area contributed by atoms with Crippen LogP contribution < -0.4 is 4.74 Å². The van der Waals surface area contributed by atoms with Crippen LogP contribution in [0.4, 0.5) is 0 Å². The van der Waals surface area contributed by atoms with Crippen LogP contribution >= 0.6 is 0 Å².